The van der Waals surface area contributed by atoms with Crippen LogP contribution in [0.3, 0.4) is 0 Å². The third-order valence-corrected chi connectivity index (χ3v) is 3.10. The lowest BCUT2D eigenvalue weighted by atomic mass is 10.1. The standard InChI is InChI=1S/C14H16FNO3/c15-12-3-1-2-11(6-12)7-13(17)16(9-14(18)19)8-10-4-5-10/h1-3,6,10H,4-5,7-9H2,(H,18,19). The second-order valence-corrected chi connectivity index (χ2v) is 4.92. The van der Waals surface area contributed by atoms with Gasteiger partial charge in [0.1, 0.15) is 12.4 Å². The molecule has 0 unspecified atom stereocenters. The molecule has 1 aliphatic rings. The van der Waals surface area contributed by atoms with Crippen LogP contribution in [0.4, 0.5) is 4.39 Å². The zero-order chi connectivity index (χ0) is 13.8. The lowest BCUT2D eigenvalue weighted by molar-refractivity contribution is -0.144. The number of carbonyl (C=O) groups excluding carboxylic acids is 1. The van der Waals surface area contributed by atoms with Crippen LogP contribution < -0.4 is 0 Å². The molecule has 19 heavy (non-hydrogen) atoms. The molecule has 102 valence electrons. The zero-order valence-electron chi connectivity index (χ0n) is 10.5. The molecule has 1 N–H and O–H groups in total. The molecule has 0 heterocycles. The van der Waals surface area contributed by atoms with Crippen LogP contribution in [0, 0.1) is 11.7 Å². The number of amides is 1. The second kappa shape index (κ2) is 5.82. The van der Waals surface area contributed by atoms with Crippen molar-refractivity contribution in [3.8, 4) is 0 Å². The molecule has 1 amide bonds. The van der Waals surface area contributed by atoms with Crippen LogP contribution >= 0.6 is 0 Å². The maximum atomic E-state index is 13.0. The molecule has 2 rings (SSSR count). The number of carbonyl (C=O) groups is 2. The number of rotatable bonds is 6. The highest BCUT2D eigenvalue weighted by Crippen LogP contribution is 2.29. The number of carboxylic acids is 1. The molecule has 1 aromatic carbocycles. The summed E-state index contributed by atoms with van der Waals surface area (Å²) in [4.78, 5) is 24.2. The van der Waals surface area contributed by atoms with Gasteiger partial charge in [-0.15, -0.1) is 0 Å². The number of hydrogen-bond acceptors (Lipinski definition) is 2. The fraction of sp³-hybridized carbons (Fsp3) is 0.429. The lowest BCUT2D eigenvalue weighted by Gasteiger charge is -2.20. The fourth-order valence-corrected chi connectivity index (χ4v) is 1.96. The monoisotopic (exact) mass is 265 g/mol. The minimum Gasteiger partial charge on any atom is -0.480 e. The van der Waals surface area contributed by atoms with Gasteiger partial charge >= 0.3 is 5.97 Å². The van der Waals surface area contributed by atoms with E-state index in [2.05, 4.69) is 0 Å². The number of carboxylic acid groups (broad SMARTS) is 1. The molecule has 0 radical (unpaired) electrons. The molecule has 0 saturated heterocycles. The van der Waals surface area contributed by atoms with Crippen molar-refractivity contribution in [2.24, 2.45) is 5.92 Å². The van der Waals surface area contributed by atoms with Gasteiger partial charge in [0.2, 0.25) is 5.91 Å². The molecule has 1 aliphatic carbocycles. The summed E-state index contributed by atoms with van der Waals surface area (Å²) in [6.45, 7) is 0.200. The van der Waals surface area contributed by atoms with Crippen LogP contribution in [0.1, 0.15) is 18.4 Å². The molecule has 0 atom stereocenters. The van der Waals surface area contributed by atoms with Gasteiger partial charge in [0.15, 0.2) is 0 Å². The minimum absolute atomic E-state index is 0.0394. The summed E-state index contributed by atoms with van der Waals surface area (Å²) >= 11 is 0. The van der Waals surface area contributed by atoms with E-state index < -0.39 is 11.8 Å². The van der Waals surface area contributed by atoms with Crippen LogP contribution in [-0.4, -0.2) is 35.0 Å². The highest BCUT2D eigenvalue weighted by Gasteiger charge is 2.27. The Morgan fingerprint density at radius 3 is 2.68 bits per heavy atom. The van der Waals surface area contributed by atoms with E-state index in [1.807, 2.05) is 0 Å². The molecule has 1 aromatic rings. The highest BCUT2D eigenvalue weighted by atomic mass is 19.1. The summed E-state index contributed by atoms with van der Waals surface area (Å²) < 4.78 is 13.0. The minimum atomic E-state index is -1.02. The normalized spacial score (nSPS) is 14.2. The maximum absolute atomic E-state index is 13.0. The lowest BCUT2D eigenvalue weighted by Crippen LogP contribution is -2.38. The van der Waals surface area contributed by atoms with Crippen LogP contribution in [0.15, 0.2) is 24.3 Å². The third-order valence-electron chi connectivity index (χ3n) is 3.10. The zero-order valence-corrected chi connectivity index (χ0v) is 10.5. The van der Waals surface area contributed by atoms with Gasteiger partial charge in [-0.1, -0.05) is 12.1 Å². The molecule has 1 saturated carbocycles. The van der Waals surface area contributed by atoms with Crippen molar-refractivity contribution in [3.63, 3.8) is 0 Å². The molecule has 4 nitrogen and oxygen atoms in total. The van der Waals surface area contributed by atoms with E-state index in [1.165, 1.54) is 17.0 Å². The number of halogens is 1. The Labute approximate surface area is 110 Å². The predicted molar refractivity (Wildman–Crippen MR) is 67.0 cm³/mol. The molecule has 1 fully saturated rings. The van der Waals surface area contributed by atoms with E-state index >= 15 is 0 Å². The number of nitrogens with zero attached hydrogens (tertiary/aromatic N) is 1. The van der Waals surface area contributed by atoms with Gasteiger partial charge < -0.3 is 10.0 Å². The Bertz CT molecular complexity index is 485. The summed E-state index contributed by atoms with van der Waals surface area (Å²) in [5.74, 6) is -1.25. The third kappa shape index (κ3) is 4.35. The van der Waals surface area contributed by atoms with Crippen molar-refractivity contribution in [1.82, 2.24) is 4.90 Å². The van der Waals surface area contributed by atoms with Crippen LogP contribution in [-0.2, 0) is 16.0 Å². The average molecular weight is 265 g/mol. The van der Waals surface area contributed by atoms with Gasteiger partial charge in [0.25, 0.3) is 0 Å². The van der Waals surface area contributed by atoms with E-state index in [9.17, 15) is 14.0 Å². The smallest absolute Gasteiger partial charge is 0.323 e. The fourth-order valence-electron chi connectivity index (χ4n) is 1.96. The summed E-state index contributed by atoms with van der Waals surface area (Å²) in [5, 5.41) is 8.82. The first-order valence-electron chi connectivity index (χ1n) is 6.28. The van der Waals surface area contributed by atoms with Crippen LogP contribution in [0.25, 0.3) is 0 Å². The molecule has 0 bridgehead atoms. The van der Waals surface area contributed by atoms with Gasteiger partial charge in [0, 0.05) is 6.54 Å². The van der Waals surface area contributed by atoms with E-state index in [4.69, 9.17) is 5.11 Å². The largest absolute Gasteiger partial charge is 0.480 e. The van der Waals surface area contributed by atoms with Crippen molar-refractivity contribution in [2.45, 2.75) is 19.3 Å². The van der Waals surface area contributed by atoms with Gasteiger partial charge in [-0.05, 0) is 36.5 Å². The maximum Gasteiger partial charge on any atom is 0.323 e. The van der Waals surface area contributed by atoms with Gasteiger partial charge in [-0.3, -0.25) is 9.59 Å². The SMILES string of the molecule is O=C(O)CN(CC1CC1)C(=O)Cc1cccc(F)c1. The Kier molecular flexibility index (Phi) is 4.14. The van der Waals surface area contributed by atoms with Crippen molar-refractivity contribution < 1.29 is 19.1 Å². The van der Waals surface area contributed by atoms with Gasteiger partial charge in [-0.25, -0.2) is 4.39 Å². The predicted octanol–water partition coefficient (Wildman–Crippen LogP) is 1.69. The Morgan fingerprint density at radius 2 is 2.11 bits per heavy atom. The van der Waals surface area contributed by atoms with E-state index in [1.54, 1.807) is 12.1 Å². The van der Waals surface area contributed by atoms with Gasteiger partial charge in [0.05, 0.1) is 6.42 Å². The van der Waals surface area contributed by atoms with E-state index in [0.29, 0.717) is 18.0 Å². The van der Waals surface area contributed by atoms with Crippen molar-refractivity contribution >= 4 is 11.9 Å². The highest BCUT2D eigenvalue weighted by molar-refractivity contribution is 5.83. The molecule has 0 aromatic heterocycles. The van der Waals surface area contributed by atoms with E-state index in [0.717, 1.165) is 12.8 Å². The Hall–Kier alpha value is -1.91. The molecular formula is C14H16FNO3. The summed E-state index contributed by atoms with van der Waals surface area (Å²) in [6, 6.07) is 5.82. The molecule has 5 heteroatoms. The van der Waals surface area contributed by atoms with Crippen LogP contribution in [0.5, 0.6) is 0 Å². The van der Waals surface area contributed by atoms with Crippen molar-refractivity contribution in [1.29, 1.82) is 0 Å². The summed E-state index contributed by atoms with van der Waals surface area (Å²) in [6.07, 6.45) is 2.13. The number of benzene rings is 1. The Morgan fingerprint density at radius 1 is 1.37 bits per heavy atom. The first-order valence-corrected chi connectivity index (χ1v) is 6.28. The first-order chi connectivity index (χ1) is 9.04. The average Bonchev–Trinajstić information content (AvgIpc) is 3.11. The Balaban J connectivity index is 1.99. The first kappa shape index (κ1) is 13.5. The van der Waals surface area contributed by atoms with Gasteiger partial charge in [-0.2, -0.15) is 0 Å². The number of hydrogen-bond donors (Lipinski definition) is 1. The topological polar surface area (TPSA) is 57.6 Å². The number of aliphatic carboxylic acids is 1. The van der Waals surface area contributed by atoms with Crippen molar-refractivity contribution in [2.75, 3.05) is 13.1 Å². The second-order valence-electron chi connectivity index (χ2n) is 4.92. The van der Waals surface area contributed by atoms with E-state index in [-0.39, 0.29) is 18.9 Å². The molecule has 0 aliphatic heterocycles. The van der Waals surface area contributed by atoms with Crippen molar-refractivity contribution in [3.05, 3.63) is 35.6 Å². The quantitative estimate of drug-likeness (QED) is 0.851. The summed E-state index contributed by atoms with van der Waals surface area (Å²) in [7, 11) is 0. The molecule has 0 spiro atoms. The van der Waals surface area contributed by atoms with Crippen LogP contribution in [0.2, 0.25) is 0 Å². The molecular weight excluding hydrogens is 249 g/mol. The summed E-state index contributed by atoms with van der Waals surface area (Å²) in [5.41, 5.74) is 0.566.